The van der Waals surface area contributed by atoms with Crippen LogP contribution in [-0.2, 0) is 16.1 Å². The standard InChI is InChI=1S/C26H34N2O6/c1-18(2)13-27-14-21(34-17-19-8-6-9-20(12-19)31-3)15-28(16-24(27)29)26(30)22-10-7-11-23(32-4)25(22)33-5/h6-12,18,21H,13-17H2,1-5H3. The third-order valence-corrected chi connectivity index (χ3v) is 5.65. The summed E-state index contributed by atoms with van der Waals surface area (Å²) in [6, 6.07) is 12.8. The van der Waals surface area contributed by atoms with E-state index >= 15 is 0 Å². The van der Waals surface area contributed by atoms with Gasteiger partial charge in [0, 0.05) is 19.6 Å². The van der Waals surface area contributed by atoms with Gasteiger partial charge in [0.15, 0.2) is 11.5 Å². The van der Waals surface area contributed by atoms with Crippen molar-refractivity contribution in [3.05, 3.63) is 53.6 Å². The molecule has 2 amide bonds. The van der Waals surface area contributed by atoms with Gasteiger partial charge in [0.2, 0.25) is 5.91 Å². The maximum atomic E-state index is 13.5. The van der Waals surface area contributed by atoms with Crippen molar-refractivity contribution >= 4 is 11.8 Å². The van der Waals surface area contributed by atoms with Crippen LogP contribution in [0, 0.1) is 5.92 Å². The normalized spacial score (nSPS) is 16.4. The number of hydrogen-bond donors (Lipinski definition) is 0. The number of carbonyl (C=O) groups is 2. The number of ether oxygens (including phenoxy) is 4. The van der Waals surface area contributed by atoms with Gasteiger partial charge in [-0.15, -0.1) is 0 Å². The zero-order valence-electron chi connectivity index (χ0n) is 20.6. The van der Waals surface area contributed by atoms with Gasteiger partial charge < -0.3 is 28.7 Å². The Morgan fingerprint density at radius 2 is 1.79 bits per heavy atom. The van der Waals surface area contributed by atoms with Crippen molar-refractivity contribution < 1.29 is 28.5 Å². The Hall–Kier alpha value is -3.26. The lowest BCUT2D eigenvalue weighted by atomic mass is 10.1. The third kappa shape index (κ3) is 6.20. The molecule has 8 nitrogen and oxygen atoms in total. The molecule has 2 aromatic carbocycles. The van der Waals surface area contributed by atoms with E-state index in [-0.39, 0.29) is 31.0 Å². The minimum atomic E-state index is -0.350. The van der Waals surface area contributed by atoms with Crippen molar-refractivity contribution in [1.82, 2.24) is 9.80 Å². The maximum absolute atomic E-state index is 13.5. The number of methoxy groups -OCH3 is 3. The molecule has 0 bridgehead atoms. The van der Waals surface area contributed by atoms with E-state index in [1.54, 1.807) is 30.2 Å². The van der Waals surface area contributed by atoms with E-state index in [1.165, 1.54) is 19.1 Å². The molecule has 1 heterocycles. The number of nitrogens with zero attached hydrogens (tertiary/aromatic N) is 2. The first-order valence-corrected chi connectivity index (χ1v) is 11.4. The topological polar surface area (TPSA) is 77.5 Å². The van der Waals surface area contributed by atoms with E-state index in [1.807, 2.05) is 24.3 Å². The SMILES string of the molecule is COc1cccc(COC2CN(CC(C)C)C(=O)CN(C(=O)c3cccc(OC)c3OC)C2)c1. The Morgan fingerprint density at radius 1 is 1.03 bits per heavy atom. The maximum Gasteiger partial charge on any atom is 0.258 e. The second-order valence-corrected chi connectivity index (χ2v) is 8.70. The van der Waals surface area contributed by atoms with Gasteiger partial charge in [0.1, 0.15) is 12.3 Å². The molecule has 0 N–H and O–H groups in total. The van der Waals surface area contributed by atoms with Crippen LogP contribution in [0.15, 0.2) is 42.5 Å². The summed E-state index contributed by atoms with van der Waals surface area (Å²) in [5.41, 5.74) is 1.30. The molecule has 1 unspecified atom stereocenters. The Bertz CT molecular complexity index is 993. The lowest BCUT2D eigenvalue weighted by molar-refractivity contribution is -0.132. The summed E-state index contributed by atoms with van der Waals surface area (Å²) < 4.78 is 22.3. The Labute approximate surface area is 201 Å². The van der Waals surface area contributed by atoms with Gasteiger partial charge in [-0.1, -0.05) is 32.0 Å². The summed E-state index contributed by atoms with van der Waals surface area (Å²) >= 11 is 0. The van der Waals surface area contributed by atoms with Crippen molar-refractivity contribution in [2.45, 2.75) is 26.6 Å². The summed E-state index contributed by atoms with van der Waals surface area (Å²) in [5.74, 6) is 1.45. The number of carbonyl (C=O) groups excluding carboxylic acids is 2. The molecule has 3 rings (SSSR count). The highest BCUT2D eigenvalue weighted by molar-refractivity contribution is 5.99. The van der Waals surface area contributed by atoms with Gasteiger partial charge in [-0.25, -0.2) is 0 Å². The molecule has 0 aliphatic carbocycles. The average Bonchev–Trinajstić information content (AvgIpc) is 2.99. The van der Waals surface area contributed by atoms with Crippen molar-refractivity contribution in [2.24, 2.45) is 5.92 Å². The van der Waals surface area contributed by atoms with Crippen molar-refractivity contribution in [3.8, 4) is 17.2 Å². The van der Waals surface area contributed by atoms with Gasteiger partial charge in [0.25, 0.3) is 5.91 Å². The monoisotopic (exact) mass is 470 g/mol. The predicted molar refractivity (Wildman–Crippen MR) is 128 cm³/mol. The second kappa shape index (κ2) is 11.7. The van der Waals surface area contributed by atoms with E-state index in [2.05, 4.69) is 13.8 Å². The highest BCUT2D eigenvalue weighted by Gasteiger charge is 2.33. The predicted octanol–water partition coefficient (Wildman–Crippen LogP) is 3.24. The summed E-state index contributed by atoms with van der Waals surface area (Å²) in [6.07, 6.45) is -0.350. The van der Waals surface area contributed by atoms with Crippen LogP contribution in [0.4, 0.5) is 0 Å². The fourth-order valence-electron chi connectivity index (χ4n) is 4.06. The first-order valence-electron chi connectivity index (χ1n) is 11.4. The van der Waals surface area contributed by atoms with Crippen LogP contribution in [0.5, 0.6) is 17.2 Å². The molecule has 184 valence electrons. The molecule has 0 radical (unpaired) electrons. The molecule has 34 heavy (non-hydrogen) atoms. The smallest absolute Gasteiger partial charge is 0.258 e. The first kappa shape index (κ1) is 25.4. The minimum absolute atomic E-state index is 0.0229. The number of amides is 2. The molecule has 1 fully saturated rings. The van der Waals surface area contributed by atoms with Crippen LogP contribution in [0.1, 0.15) is 29.8 Å². The number of rotatable bonds is 9. The molecule has 2 aromatic rings. The molecule has 1 aliphatic rings. The van der Waals surface area contributed by atoms with Gasteiger partial charge in [-0.3, -0.25) is 9.59 Å². The highest BCUT2D eigenvalue weighted by Crippen LogP contribution is 2.32. The lowest BCUT2D eigenvalue weighted by Gasteiger charge is -2.26. The zero-order valence-corrected chi connectivity index (χ0v) is 20.6. The number of benzene rings is 2. The number of para-hydroxylation sites is 1. The Balaban J connectivity index is 1.84. The van der Waals surface area contributed by atoms with Crippen molar-refractivity contribution in [3.63, 3.8) is 0 Å². The average molecular weight is 471 g/mol. The largest absolute Gasteiger partial charge is 0.497 e. The van der Waals surface area contributed by atoms with Crippen molar-refractivity contribution in [2.75, 3.05) is 47.5 Å². The third-order valence-electron chi connectivity index (χ3n) is 5.65. The fraction of sp³-hybridized carbons (Fsp3) is 0.462. The fourth-order valence-corrected chi connectivity index (χ4v) is 4.06. The molecule has 0 spiro atoms. The van der Waals surface area contributed by atoms with Gasteiger partial charge in [-0.2, -0.15) is 0 Å². The molecule has 1 aliphatic heterocycles. The molecule has 1 atom stereocenters. The van der Waals surface area contributed by atoms with Crippen LogP contribution in [-0.4, -0.2) is 75.2 Å². The van der Waals surface area contributed by atoms with E-state index in [9.17, 15) is 9.59 Å². The van der Waals surface area contributed by atoms with Crippen LogP contribution < -0.4 is 14.2 Å². The quantitative estimate of drug-likeness (QED) is 0.560. The zero-order chi connectivity index (χ0) is 24.7. The van der Waals surface area contributed by atoms with E-state index in [0.717, 1.165) is 11.3 Å². The van der Waals surface area contributed by atoms with Crippen LogP contribution in [0.3, 0.4) is 0 Å². The van der Waals surface area contributed by atoms with Crippen LogP contribution >= 0.6 is 0 Å². The van der Waals surface area contributed by atoms with E-state index < -0.39 is 0 Å². The summed E-state index contributed by atoms with van der Waals surface area (Å²) in [6.45, 7) is 5.75. The highest BCUT2D eigenvalue weighted by atomic mass is 16.5. The molecule has 0 aromatic heterocycles. The molecular weight excluding hydrogens is 436 g/mol. The first-order chi connectivity index (χ1) is 16.4. The molecule has 8 heteroatoms. The van der Waals surface area contributed by atoms with Crippen molar-refractivity contribution in [1.29, 1.82) is 0 Å². The summed E-state index contributed by atoms with van der Waals surface area (Å²) in [5, 5.41) is 0. The lowest BCUT2D eigenvalue weighted by Crippen LogP contribution is -2.40. The summed E-state index contributed by atoms with van der Waals surface area (Å²) in [7, 11) is 4.64. The van der Waals surface area contributed by atoms with Crippen LogP contribution in [0.25, 0.3) is 0 Å². The van der Waals surface area contributed by atoms with Gasteiger partial charge in [0.05, 0.1) is 39.6 Å². The second-order valence-electron chi connectivity index (χ2n) is 8.70. The minimum Gasteiger partial charge on any atom is -0.497 e. The van der Waals surface area contributed by atoms with E-state index in [0.29, 0.717) is 42.7 Å². The summed E-state index contributed by atoms with van der Waals surface area (Å²) in [4.78, 5) is 29.9. The van der Waals surface area contributed by atoms with Gasteiger partial charge in [-0.05, 0) is 35.7 Å². The Morgan fingerprint density at radius 3 is 2.47 bits per heavy atom. The van der Waals surface area contributed by atoms with Gasteiger partial charge >= 0.3 is 0 Å². The Kier molecular flexibility index (Phi) is 8.76. The molecule has 0 saturated carbocycles. The number of hydrogen-bond acceptors (Lipinski definition) is 6. The van der Waals surface area contributed by atoms with Crippen LogP contribution in [0.2, 0.25) is 0 Å². The molecular formula is C26H34N2O6. The van der Waals surface area contributed by atoms with E-state index in [4.69, 9.17) is 18.9 Å². The molecule has 1 saturated heterocycles.